The molecule has 0 amide bonds. The molecule has 7 heteroatoms. The van der Waals surface area contributed by atoms with Crippen molar-refractivity contribution in [1.82, 2.24) is 0 Å². The zero-order valence-electron chi connectivity index (χ0n) is 17.9. The maximum atomic E-state index is 12.4. The highest BCUT2D eigenvalue weighted by Crippen LogP contribution is 2.68. The molecule has 0 aromatic heterocycles. The highest BCUT2D eigenvalue weighted by molar-refractivity contribution is 5.93. The minimum absolute atomic E-state index is 0.0210. The molecular formula is C23H32O7. The van der Waals surface area contributed by atoms with E-state index in [1.54, 1.807) is 6.08 Å². The number of aliphatic hydroxyl groups is 3. The number of fused-ring (bicyclic) bond motifs is 5. The van der Waals surface area contributed by atoms with Crippen molar-refractivity contribution in [3.05, 3.63) is 11.6 Å². The van der Waals surface area contributed by atoms with Crippen LogP contribution in [0.25, 0.3) is 0 Å². The molecule has 0 heterocycles. The summed E-state index contributed by atoms with van der Waals surface area (Å²) >= 11 is 0. The van der Waals surface area contributed by atoms with E-state index in [-0.39, 0.29) is 35.7 Å². The summed E-state index contributed by atoms with van der Waals surface area (Å²) in [6, 6.07) is 0. The maximum absolute atomic E-state index is 12.4. The van der Waals surface area contributed by atoms with Crippen molar-refractivity contribution in [1.29, 1.82) is 0 Å². The third-order valence-electron chi connectivity index (χ3n) is 8.95. The molecule has 166 valence electrons. The first-order valence-electron chi connectivity index (χ1n) is 11.0. The van der Waals surface area contributed by atoms with Gasteiger partial charge < -0.3 is 20.1 Å². The van der Waals surface area contributed by atoms with E-state index in [1.807, 2.05) is 13.8 Å². The molecule has 8 atom stereocenters. The van der Waals surface area contributed by atoms with Gasteiger partial charge in [0.2, 0.25) is 5.79 Å². The number of esters is 1. The van der Waals surface area contributed by atoms with Crippen LogP contribution in [-0.2, 0) is 19.1 Å². The lowest BCUT2D eigenvalue weighted by Gasteiger charge is -2.62. The van der Waals surface area contributed by atoms with Crippen molar-refractivity contribution in [3.8, 4) is 0 Å². The summed E-state index contributed by atoms with van der Waals surface area (Å²) in [5.41, 5.74) is -0.760. The Hall–Kier alpha value is -1.57. The number of ether oxygens (including phenoxy) is 1. The Morgan fingerprint density at radius 1 is 1.23 bits per heavy atom. The minimum Gasteiger partial charge on any atom is -0.432 e. The summed E-state index contributed by atoms with van der Waals surface area (Å²) in [4.78, 5) is 36.6. The van der Waals surface area contributed by atoms with Crippen molar-refractivity contribution in [2.75, 3.05) is 6.61 Å². The Balaban J connectivity index is 1.78. The summed E-state index contributed by atoms with van der Waals surface area (Å²) in [6.07, 6.45) is 3.60. The van der Waals surface area contributed by atoms with Crippen molar-refractivity contribution in [2.45, 2.75) is 71.2 Å². The number of carbonyl (C=O) groups is 3. The van der Waals surface area contributed by atoms with Crippen LogP contribution in [0.2, 0.25) is 0 Å². The zero-order chi connectivity index (χ0) is 22.1. The fourth-order valence-electron chi connectivity index (χ4n) is 7.78. The van der Waals surface area contributed by atoms with Crippen LogP contribution in [0.4, 0.5) is 0 Å². The second kappa shape index (κ2) is 6.97. The molecule has 7 nitrogen and oxygen atoms in total. The van der Waals surface area contributed by atoms with Gasteiger partial charge in [0.05, 0.1) is 17.9 Å². The average molecular weight is 421 g/mol. The van der Waals surface area contributed by atoms with Crippen LogP contribution in [-0.4, -0.2) is 51.4 Å². The summed E-state index contributed by atoms with van der Waals surface area (Å²) < 4.78 is 5.39. The molecule has 3 fully saturated rings. The molecular weight excluding hydrogens is 388 g/mol. The monoisotopic (exact) mass is 420 g/mol. The second-order valence-electron chi connectivity index (χ2n) is 10.3. The molecule has 0 saturated heterocycles. The first-order valence-corrected chi connectivity index (χ1v) is 11.0. The largest absolute Gasteiger partial charge is 0.432 e. The summed E-state index contributed by atoms with van der Waals surface area (Å²) in [5, 5.41) is 32.3. The molecule has 1 unspecified atom stereocenters. The fraction of sp³-hybridized carbons (Fsp3) is 0.783. The molecule has 4 rings (SSSR count). The van der Waals surface area contributed by atoms with Gasteiger partial charge in [0.15, 0.2) is 11.6 Å². The first-order chi connectivity index (χ1) is 14.0. The van der Waals surface area contributed by atoms with Gasteiger partial charge >= 0.3 is 5.97 Å². The van der Waals surface area contributed by atoms with Gasteiger partial charge in [-0.25, -0.2) is 0 Å². The predicted octanol–water partition coefficient (Wildman–Crippen LogP) is 1.53. The third-order valence-corrected chi connectivity index (χ3v) is 8.95. The lowest BCUT2D eigenvalue weighted by molar-refractivity contribution is -0.286. The van der Waals surface area contributed by atoms with Gasteiger partial charge in [0.1, 0.15) is 6.61 Å². The standard InChI is InChI=1S/C23H32O7/c1-12(25)30-23(29)9-14(26)8-13-4-5-15-16-6-7-17(19(28)11-24)21(16,2)10-18(27)20(15)22(13,23)3/h8,15-18,20,24,27,29H,4-7,9-11H2,1-3H3/t15-,16-,17+,18-,20+,21-,22-,23?/m0/s1. The molecule has 0 aliphatic heterocycles. The molecule has 0 aromatic carbocycles. The summed E-state index contributed by atoms with van der Waals surface area (Å²) in [5.74, 6) is -3.63. The molecule has 0 bridgehead atoms. The van der Waals surface area contributed by atoms with E-state index in [9.17, 15) is 29.7 Å². The quantitative estimate of drug-likeness (QED) is 0.468. The summed E-state index contributed by atoms with van der Waals surface area (Å²) in [7, 11) is 0. The number of carbonyl (C=O) groups excluding carboxylic acids is 3. The van der Waals surface area contributed by atoms with Gasteiger partial charge in [-0.05, 0) is 62.4 Å². The van der Waals surface area contributed by atoms with Gasteiger partial charge in [0.25, 0.3) is 0 Å². The van der Waals surface area contributed by atoms with E-state index in [4.69, 9.17) is 4.74 Å². The topological polar surface area (TPSA) is 121 Å². The number of hydrogen-bond donors (Lipinski definition) is 3. The Bertz CT molecular complexity index is 818. The van der Waals surface area contributed by atoms with E-state index >= 15 is 0 Å². The van der Waals surface area contributed by atoms with E-state index < -0.39 is 41.2 Å². The molecule has 4 aliphatic rings. The fourth-order valence-corrected chi connectivity index (χ4v) is 7.78. The molecule has 0 aromatic rings. The van der Waals surface area contributed by atoms with Crippen molar-refractivity contribution < 1.29 is 34.4 Å². The minimum atomic E-state index is -2.00. The van der Waals surface area contributed by atoms with Crippen LogP contribution < -0.4 is 0 Å². The Kier molecular flexibility index (Phi) is 5.03. The van der Waals surface area contributed by atoms with E-state index in [0.29, 0.717) is 19.3 Å². The van der Waals surface area contributed by atoms with Crippen LogP contribution in [0.3, 0.4) is 0 Å². The van der Waals surface area contributed by atoms with Crippen molar-refractivity contribution in [3.63, 3.8) is 0 Å². The first kappa shape index (κ1) is 21.7. The van der Waals surface area contributed by atoms with Gasteiger partial charge in [-0.1, -0.05) is 12.5 Å². The highest BCUT2D eigenvalue weighted by atomic mass is 16.7. The smallest absolute Gasteiger partial charge is 0.305 e. The van der Waals surface area contributed by atoms with Crippen LogP contribution in [0, 0.1) is 34.5 Å². The second-order valence-corrected chi connectivity index (χ2v) is 10.3. The van der Waals surface area contributed by atoms with E-state index in [2.05, 4.69) is 0 Å². The Morgan fingerprint density at radius 2 is 1.93 bits per heavy atom. The lowest BCUT2D eigenvalue weighted by atomic mass is 9.44. The summed E-state index contributed by atoms with van der Waals surface area (Å²) in [6.45, 7) is 4.57. The molecule has 3 N–H and O–H groups in total. The molecule has 4 aliphatic carbocycles. The molecule has 3 saturated carbocycles. The van der Waals surface area contributed by atoms with E-state index in [0.717, 1.165) is 18.4 Å². The van der Waals surface area contributed by atoms with Crippen LogP contribution in [0.1, 0.15) is 59.3 Å². The normalized spacial score (nSPS) is 47.6. The van der Waals surface area contributed by atoms with Crippen molar-refractivity contribution >= 4 is 17.5 Å². The van der Waals surface area contributed by atoms with Crippen LogP contribution >= 0.6 is 0 Å². The number of hydrogen-bond acceptors (Lipinski definition) is 7. The van der Waals surface area contributed by atoms with Gasteiger partial charge in [-0.15, -0.1) is 0 Å². The van der Waals surface area contributed by atoms with Gasteiger partial charge in [0, 0.05) is 18.8 Å². The van der Waals surface area contributed by atoms with E-state index in [1.165, 1.54) is 6.92 Å². The average Bonchev–Trinajstić information content (AvgIpc) is 2.97. The van der Waals surface area contributed by atoms with Crippen molar-refractivity contribution in [2.24, 2.45) is 34.5 Å². The SMILES string of the molecule is CC(=O)OC1(O)CC(=O)C=C2CC[C@@H]3[C@H]([C@@H](O)C[C@]4(C)[C@@H](C(=O)CO)CC[C@@H]34)[C@]21C. The molecule has 0 radical (unpaired) electrons. The van der Waals surface area contributed by atoms with Gasteiger partial charge in [-0.3, -0.25) is 14.4 Å². The molecule has 30 heavy (non-hydrogen) atoms. The highest BCUT2D eigenvalue weighted by Gasteiger charge is 2.69. The van der Waals surface area contributed by atoms with Crippen LogP contribution in [0.5, 0.6) is 0 Å². The lowest BCUT2D eigenvalue weighted by Crippen LogP contribution is -2.66. The van der Waals surface area contributed by atoms with Crippen LogP contribution in [0.15, 0.2) is 11.6 Å². The predicted molar refractivity (Wildman–Crippen MR) is 106 cm³/mol. The zero-order valence-corrected chi connectivity index (χ0v) is 17.9. The Labute approximate surface area is 176 Å². The number of ketones is 2. The Morgan fingerprint density at radius 3 is 2.57 bits per heavy atom. The number of rotatable bonds is 3. The number of Topliss-reactive ketones (excluding diaryl/α,β-unsaturated/α-hetero) is 1. The van der Waals surface area contributed by atoms with Gasteiger partial charge in [-0.2, -0.15) is 0 Å². The third kappa shape index (κ3) is 2.78. The number of aliphatic hydroxyl groups excluding tert-OH is 2. The maximum Gasteiger partial charge on any atom is 0.305 e. The molecule has 0 spiro atoms.